The molecule has 0 fully saturated rings. The number of H-pyrrole nitrogens is 1. The van der Waals surface area contributed by atoms with Gasteiger partial charge in [-0.05, 0) is 34.1 Å². The molecule has 0 amide bonds. The summed E-state index contributed by atoms with van der Waals surface area (Å²) in [4.78, 5) is 2.55. The Morgan fingerprint density at radius 2 is 2.10 bits per heavy atom. The van der Waals surface area contributed by atoms with Gasteiger partial charge in [0.05, 0.1) is 17.3 Å². The molecule has 3 N–H and O–H groups in total. The van der Waals surface area contributed by atoms with Gasteiger partial charge in [0, 0.05) is 16.4 Å². The van der Waals surface area contributed by atoms with E-state index in [1.165, 1.54) is 12.3 Å². The van der Waals surface area contributed by atoms with Gasteiger partial charge in [-0.2, -0.15) is 0 Å². The van der Waals surface area contributed by atoms with Crippen molar-refractivity contribution in [1.82, 2.24) is 4.98 Å². The first kappa shape index (κ1) is 15.3. The third-order valence-electron chi connectivity index (χ3n) is 2.44. The molecule has 0 bridgehead atoms. The number of anilines is 1. The first-order valence-corrected chi connectivity index (χ1v) is 7.94. The molecule has 2 aromatic rings. The van der Waals surface area contributed by atoms with Gasteiger partial charge in [0.1, 0.15) is 10.7 Å². The maximum Gasteiger partial charge on any atom is 0.263 e. The van der Waals surface area contributed by atoms with Gasteiger partial charge in [-0.1, -0.05) is 11.6 Å². The van der Waals surface area contributed by atoms with Crippen molar-refractivity contribution < 1.29 is 17.9 Å². The number of hydrogen-bond donors (Lipinski definition) is 3. The molecule has 0 aliphatic rings. The van der Waals surface area contributed by atoms with Gasteiger partial charge in [-0.25, -0.2) is 12.8 Å². The third-order valence-corrected chi connectivity index (χ3v) is 4.69. The van der Waals surface area contributed by atoms with Crippen LogP contribution in [0.2, 0.25) is 5.02 Å². The van der Waals surface area contributed by atoms with Gasteiger partial charge in [0.25, 0.3) is 10.0 Å². The molecule has 20 heavy (non-hydrogen) atoms. The summed E-state index contributed by atoms with van der Waals surface area (Å²) < 4.78 is 39.8. The number of benzene rings is 1. The molecule has 1 heterocycles. The average Bonchev–Trinajstić information content (AvgIpc) is 2.83. The maximum absolute atomic E-state index is 13.1. The molecule has 0 aliphatic carbocycles. The van der Waals surface area contributed by atoms with Crippen molar-refractivity contribution >= 4 is 43.2 Å². The number of aromatic nitrogens is 1. The largest absolute Gasteiger partial charge is 0.390 e. The van der Waals surface area contributed by atoms with E-state index in [1.54, 1.807) is 0 Å². The SMILES string of the molecule is O=S(=O)(Nc1c(Cl)cc(F)cc1Br)c1c[nH]c(CO)c1. The van der Waals surface area contributed by atoms with Crippen LogP contribution in [0.25, 0.3) is 0 Å². The van der Waals surface area contributed by atoms with Crippen LogP contribution in [-0.2, 0) is 16.6 Å². The minimum absolute atomic E-state index is 0.0415. The lowest BCUT2D eigenvalue weighted by Gasteiger charge is -2.10. The zero-order chi connectivity index (χ0) is 14.9. The summed E-state index contributed by atoms with van der Waals surface area (Å²) in [6.07, 6.45) is 1.24. The number of aliphatic hydroxyl groups is 1. The molecule has 0 atom stereocenters. The number of aliphatic hydroxyl groups excluding tert-OH is 1. The second kappa shape index (κ2) is 5.72. The monoisotopic (exact) mass is 382 g/mol. The minimum Gasteiger partial charge on any atom is -0.390 e. The Balaban J connectivity index is 2.38. The van der Waals surface area contributed by atoms with Crippen LogP contribution in [0, 0.1) is 5.82 Å². The van der Waals surface area contributed by atoms with Crippen LogP contribution in [0.5, 0.6) is 0 Å². The predicted molar refractivity (Wildman–Crippen MR) is 76.6 cm³/mol. The first-order valence-electron chi connectivity index (χ1n) is 5.29. The van der Waals surface area contributed by atoms with E-state index in [4.69, 9.17) is 16.7 Å². The zero-order valence-corrected chi connectivity index (χ0v) is 13.0. The van der Waals surface area contributed by atoms with Crippen LogP contribution in [-0.4, -0.2) is 18.5 Å². The summed E-state index contributed by atoms with van der Waals surface area (Å²) >= 11 is 8.86. The normalized spacial score (nSPS) is 11.6. The minimum atomic E-state index is -3.89. The lowest BCUT2D eigenvalue weighted by Crippen LogP contribution is -2.13. The van der Waals surface area contributed by atoms with E-state index in [2.05, 4.69) is 25.6 Å². The number of sulfonamides is 1. The number of halogens is 3. The fraction of sp³-hybridized carbons (Fsp3) is 0.0909. The van der Waals surface area contributed by atoms with E-state index >= 15 is 0 Å². The molecule has 1 aromatic heterocycles. The Morgan fingerprint density at radius 1 is 1.40 bits per heavy atom. The number of aromatic amines is 1. The predicted octanol–water partition coefficient (Wildman–Crippen LogP) is 2.86. The molecular formula is C11H9BrClFN2O3S. The molecular weight excluding hydrogens is 375 g/mol. The summed E-state index contributed by atoms with van der Waals surface area (Å²) in [6, 6.07) is 3.38. The van der Waals surface area contributed by atoms with Crippen LogP contribution in [0.15, 0.2) is 33.8 Å². The fourth-order valence-electron chi connectivity index (χ4n) is 1.50. The zero-order valence-electron chi connectivity index (χ0n) is 9.82. The molecule has 0 aliphatic heterocycles. The van der Waals surface area contributed by atoms with Crippen molar-refractivity contribution in [1.29, 1.82) is 0 Å². The van der Waals surface area contributed by atoms with E-state index in [0.29, 0.717) is 5.69 Å². The summed E-state index contributed by atoms with van der Waals surface area (Å²) in [6.45, 7) is -0.309. The van der Waals surface area contributed by atoms with Gasteiger partial charge in [0.2, 0.25) is 0 Å². The Labute approximate surface area is 128 Å². The Hall–Kier alpha value is -1.09. The number of rotatable bonds is 4. The van der Waals surface area contributed by atoms with Gasteiger partial charge in [-0.3, -0.25) is 4.72 Å². The van der Waals surface area contributed by atoms with Crippen LogP contribution < -0.4 is 4.72 Å². The van der Waals surface area contributed by atoms with Crippen molar-refractivity contribution in [2.45, 2.75) is 11.5 Å². The van der Waals surface area contributed by atoms with Crippen LogP contribution in [0.3, 0.4) is 0 Å². The molecule has 0 spiro atoms. The molecule has 0 radical (unpaired) electrons. The Morgan fingerprint density at radius 3 is 2.65 bits per heavy atom. The summed E-state index contributed by atoms with van der Waals surface area (Å²) in [5.41, 5.74) is 0.398. The lowest BCUT2D eigenvalue weighted by molar-refractivity contribution is 0.277. The van der Waals surface area contributed by atoms with Crippen LogP contribution in [0.1, 0.15) is 5.69 Å². The second-order valence-corrected chi connectivity index (χ2v) is 6.81. The van der Waals surface area contributed by atoms with Gasteiger partial charge in [0.15, 0.2) is 0 Å². The molecule has 0 unspecified atom stereocenters. The molecule has 5 nitrogen and oxygen atoms in total. The molecule has 108 valence electrons. The van der Waals surface area contributed by atoms with Crippen LogP contribution >= 0.6 is 27.5 Å². The van der Waals surface area contributed by atoms with Gasteiger partial charge < -0.3 is 10.1 Å². The highest BCUT2D eigenvalue weighted by Gasteiger charge is 2.19. The Kier molecular flexibility index (Phi) is 4.38. The van der Waals surface area contributed by atoms with E-state index in [0.717, 1.165) is 12.1 Å². The standard InChI is InChI=1S/C11H9BrClFN2O3S/c12-9-1-6(14)2-10(13)11(9)16-20(18,19)8-3-7(5-17)15-4-8/h1-4,15-17H,5H2. The van der Waals surface area contributed by atoms with E-state index < -0.39 is 15.8 Å². The highest BCUT2D eigenvalue weighted by Crippen LogP contribution is 2.33. The molecule has 1 aromatic carbocycles. The summed E-state index contributed by atoms with van der Waals surface area (Å²) in [5, 5.41) is 8.84. The van der Waals surface area contributed by atoms with E-state index in [9.17, 15) is 12.8 Å². The smallest absolute Gasteiger partial charge is 0.263 e. The Bertz CT molecular complexity index is 725. The lowest BCUT2D eigenvalue weighted by atomic mass is 10.3. The molecule has 0 saturated carbocycles. The highest BCUT2D eigenvalue weighted by molar-refractivity contribution is 9.10. The maximum atomic E-state index is 13.1. The van der Waals surface area contributed by atoms with Gasteiger partial charge >= 0.3 is 0 Å². The highest BCUT2D eigenvalue weighted by atomic mass is 79.9. The van der Waals surface area contributed by atoms with Crippen molar-refractivity contribution in [3.8, 4) is 0 Å². The quantitative estimate of drug-likeness (QED) is 0.759. The molecule has 2 rings (SSSR count). The average molecular weight is 384 g/mol. The van der Waals surface area contributed by atoms with E-state index in [1.807, 2.05) is 0 Å². The van der Waals surface area contributed by atoms with E-state index in [-0.39, 0.29) is 26.7 Å². The van der Waals surface area contributed by atoms with Crippen molar-refractivity contribution in [3.05, 3.63) is 45.4 Å². The summed E-state index contributed by atoms with van der Waals surface area (Å²) in [7, 11) is -3.89. The fourth-order valence-corrected chi connectivity index (χ4v) is 3.70. The number of hydrogen-bond acceptors (Lipinski definition) is 3. The molecule has 0 saturated heterocycles. The van der Waals surface area contributed by atoms with Crippen molar-refractivity contribution in [2.24, 2.45) is 0 Å². The summed E-state index contributed by atoms with van der Waals surface area (Å²) in [5.74, 6) is -0.589. The number of nitrogens with one attached hydrogen (secondary N) is 2. The second-order valence-electron chi connectivity index (χ2n) is 3.87. The first-order chi connectivity index (χ1) is 9.33. The van der Waals surface area contributed by atoms with Crippen molar-refractivity contribution in [3.63, 3.8) is 0 Å². The third kappa shape index (κ3) is 3.14. The van der Waals surface area contributed by atoms with Crippen molar-refractivity contribution in [2.75, 3.05) is 4.72 Å². The van der Waals surface area contributed by atoms with Gasteiger partial charge in [-0.15, -0.1) is 0 Å². The van der Waals surface area contributed by atoms with Crippen LogP contribution in [0.4, 0.5) is 10.1 Å². The topological polar surface area (TPSA) is 82.2 Å². The molecule has 9 heteroatoms.